The first-order chi connectivity index (χ1) is 14.0. The Labute approximate surface area is 173 Å². The van der Waals surface area contributed by atoms with Crippen LogP contribution in [0.3, 0.4) is 0 Å². The fraction of sp³-hybridized carbons (Fsp3) is 0.417. The number of benzene rings is 2. The Hall–Kier alpha value is -2.66. The second-order valence-corrected chi connectivity index (χ2v) is 7.95. The van der Waals surface area contributed by atoms with Crippen LogP contribution in [0.5, 0.6) is 0 Å². The van der Waals surface area contributed by atoms with E-state index in [1.807, 2.05) is 85.2 Å². The molecular weight excluding hydrogens is 362 g/mol. The van der Waals surface area contributed by atoms with E-state index in [0.29, 0.717) is 26.1 Å². The Morgan fingerprint density at radius 2 is 1.55 bits per heavy atom. The van der Waals surface area contributed by atoms with Gasteiger partial charge in [-0.2, -0.15) is 0 Å². The van der Waals surface area contributed by atoms with Gasteiger partial charge in [-0.25, -0.2) is 0 Å². The predicted octanol–water partition coefficient (Wildman–Crippen LogP) is 3.12. The molecule has 0 unspecified atom stereocenters. The summed E-state index contributed by atoms with van der Waals surface area (Å²) in [5.41, 5.74) is 3.17. The van der Waals surface area contributed by atoms with Gasteiger partial charge in [0.25, 0.3) is 0 Å². The maximum atomic E-state index is 13.0. The maximum Gasteiger partial charge on any atom is 0.241 e. The third-order valence-electron chi connectivity index (χ3n) is 5.51. The summed E-state index contributed by atoms with van der Waals surface area (Å²) in [7, 11) is 0. The molecule has 2 amide bonds. The van der Waals surface area contributed by atoms with Crippen molar-refractivity contribution in [2.24, 2.45) is 0 Å². The van der Waals surface area contributed by atoms with Crippen molar-refractivity contribution in [2.75, 3.05) is 37.6 Å². The molecule has 2 aromatic rings. The molecule has 3 rings (SSSR count). The van der Waals surface area contributed by atoms with E-state index in [9.17, 15) is 9.59 Å². The molecule has 0 spiro atoms. The molecule has 29 heavy (non-hydrogen) atoms. The molecule has 1 heterocycles. The summed E-state index contributed by atoms with van der Waals surface area (Å²) in [4.78, 5) is 31.5. The lowest BCUT2D eigenvalue weighted by Crippen LogP contribution is -2.52. The molecule has 1 aliphatic heterocycles. The summed E-state index contributed by atoms with van der Waals surface area (Å²) >= 11 is 0. The van der Waals surface area contributed by atoms with Crippen molar-refractivity contribution in [2.45, 2.75) is 33.2 Å². The van der Waals surface area contributed by atoms with Gasteiger partial charge >= 0.3 is 0 Å². The summed E-state index contributed by atoms with van der Waals surface area (Å²) in [6, 6.07) is 17.9. The number of hydrogen-bond donors (Lipinski definition) is 0. The number of para-hydroxylation sites is 1. The van der Waals surface area contributed by atoms with Gasteiger partial charge in [-0.3, -0.25) is 14.5 Å². The molecule has 0 saturated carbocycles. The maximum absolute atomic E-state index is 13.0. The molecule has 1 aliphatic rings. The van der Waals surface area contributed by atoms with Gasteiger partial charge in [-0.05, 0) is 44.0 Å². The number of anilines is 1. The van der Waals surface area contributed by atoms with Gasteiger partial charge in [0.15, 0.2) is 0 Å². The van der Waals surface area contributed by atoms with Crippen molar-refractivity contribution in [3.05, 3.63) is 65.7 Å². The van der Waals surface area contributed by atoms with Crippen LogP contribution >= 0.6 is 0 Å². The van der Waals surface area contributed by atoms with Crippen LogP contribution in [0, 0.1) is 6.92 Å². The van der Waals surface area contributed by atoms with Crippen LogP contribution in [0.1, 0.15) is 25.0 Å². The van der Waals surface area contributed by atoms with Gasteiger partial charge in [0.2, 0.25) is 11.8 Å². The first-order valence-corrected chi connectivity index (χ1v) is 10.4. The van der Waals surface area contributed by atoms with Crippen LogP contribution in [0.4, 0.5) is 5.69 Å². The summed E-state index contributed by atoms with van der Waals surface area (Å²) in [6.07, 6.45) is 0.445. The quantitative estimate of drug-likeness (QED) is 0.757. The second kappa shape index (κ2) is 9.70. The molecule has 0 radical (unpaired) electrons. The van der Waals surface area contributed by atoms with E-state index < -0.39 is 0 Å². The monoisotopic (exact) mass is 393 g/mol. The minimum absolute atomic E-state index is 0.0990. The van der Waals surface area contributed by atoms with E-state index in [4.69, 9.17) is 0 Å². The molecule has 154 valence electrons. The summed E-state index contributed by atoms with van der Waals surface area (Å²) in [5.74, 6) is 0.268. The Morgan fingerprint density at radius 3 is 2.17 bits per heavy atom. The molecule has 1 saturated heterocycles. The molecular formula is C24H31N3O2. The molecule has 5 heteroatoms. The van der Waals surface area contributed by atoms with Gasteiger partial charge in [-0.1, -0.05) is 42.5 Å². The van der Waals surface area contributed by atoms with E-state index >= 15 is 0 Å². The zero-order valence-corrected chi connectivity index (χ0v) is 17.7. The highest BCUT2D eigenvalue weighted by Gasteiger charge is 2.26. The van der Waals surface area contributed by atoms with Crippen molar-refractivity contribution < 1.29 is 9.59 Å². The molecule has 0 aromatic heterocycles. The SMILES string of the molecule is Cc1ccccc1CC(=O)N1CCN(CC(=O)N(c2ccccc2)C(C)C)CC1. The van der Waals surface area contributed by atoms with E-state index in [0.717, 1.165) is 29.9 Å². The number of rotatable bonds is 6. The average Bonchev–Trinajstić information content (AvgIpc) is 2.71. The third-order valence-corrected chi connectivity index (χ3v) is 5.51. The summed E-state index contributed by atoms with van der Waals surface area (Å²) < 4.78 is 0. The summed E-state index contributed by atoms with van der Waals surface area (Å²) in [6.45, 7) is 9.29. The van der Waals surface area contributed by atoms with Crippen molar-refractivity contribution in [1.82, 2.24) is 9.80 Å². The largest absolute Gasteiger partial charge is 0.340 e. The van der Waals surface area contributed by atoms with Gasteiger partial charge in [0.1, 0.15) is 0 Å². The van der Waals surface area contributed by atoms with E-state index in [-0.39, 0.29) is 17.9 Å². The number of nitrogens with zero attached hydrogens (tertiary/aromatic N) is 3. The van der Waals surface area contributed by atoms with Gasteiger partial charge < -0.3 is 9.80 Å². The van der Waals surface area contributed by atoms with Gasteiger partial charge in [0, 0.05) is 37.9 Å². The van der Waals surface area contributed by atoms with E-state index in [1.54, 1.807) is 0 Å². The molecule has 0 N–H and O–H groups in total. The zero-order valence-electron chi connectivity index (χ0n) is 17.7. The second-order valence-electron chi connectivity index (χ2n) is 7.95. The highest BCUT2D eigenvalue weighted by atomic mass is 16.2. The highest BCUT2D eigenvalue weighted by Crippen LogP contribution is 2.17. The van der Waals surface area contributed by atoms with Crippen molar-refractivity contribution in [3.8, 4) is 0 Å². The van der Waals surface area contributed by atoms with Crippen molar-refractivity contribution >= 4 is 17.5 Å². The first-order valence-electron chi connectivity index (χ1n) is 10.4. The Morgan fingerprint density at radius 1 is 0.931 bits per heavy atom. The average molecular weight is 394 g/mol. The number of hydrogen-bond acceptors (Lipinski definition) is 3. The van der Waals surface area contributed by atoms with Crippen LogP contribution in [0.15, 0.2) is 54.6 Å². The fourth-order valence-electron chi connectivity index (χ4n) is 3.82. The number of piperazine rings is 1. The Balaban J connectivity index is 1.53. The molecule has 2 aromatic carbocycles. The third kappa shape index (κ3) is 5.45. The minimum atomic E-state index is 0.0990. The van der Waals surface area contributed by atoms with Crippen molar-refractivity contribution in [1.29, 1.82) is 0 Å². The normalized spacial score (nSPS) is 14.8. The Kier molecular flexibility index (Phi) is 7.04. The van der Waals surface area contributed by atoms with Gasteiger partial charge in [-0.15, -0.1) is 0 Å². The minimum Gasteiger partial charge on any atom is -0.340 e. The lowest BCUT2D eigenvalue weighted by Gasteiger charge is -2.36. The Bertz CT molecular complexity index is 827. The van der Waals surface area contributed by atoms with Crippen LogP contribution in [0.2, 0.25) is 0 Å². The standard InChI is InChI=1S/C24H31N3O2/c1-19(2)27(22-11-5-4-6-12-22)24(29)18-25-13-15-26(16-14-25)23(28)17-21-10-8-7-9-20(21)3/h4-12,19H,13-18H2,1-3H3. The smallest absolute Gasteiger partial charge is 0.241 e. The molecule has 0 aliphatic carbocycles. The molecule has 0 bridgehead atoms. The molecule has 1 fully saturated rings. The predicted molar refractivity (Wildman–Crippen MR) is 117 cm³/mol. The molecule has 5 nitrogen and oxygen atoms in total. The summed E-state index contributed by atoms with van der Waals surface area (Å²) in [5, 5.41) is 0. The van der Waals surface area contributed by atoms with Crippen LogP contribution in [-0.2, 0) is 16.0 Å². The number of carbonyl (C=O) groups excluding carboxylic acids is 2. The zero-order chi connectivity index (χ0) is 20.8. The van der Waals surface area contributed by atoms with Crippen LogP contribution < -0.4 is 4.90 Å². The number of aryl methyl sites for hydroxylation is 1. The highest BCUT2D eigenvalue weighted by molar-refractivity contribution is 5.95. The number of carbonyl (C=O) groups is 2. The topological polar surface area (TPSA) is 43.9 Å². The van der Waals surface area contributed by atoms with Crippen LogP contribution in [0.25, 0.3) is 0 Å². The molecule has 0 atom stereocenters. The van der Waals surface area contributed by atoms with E-state index in [1.165, 1.54) is 0 Å². The number of amides is 2. The fourth-order valence-corrected chi connectivity index (χ4v) is 3.82. The lowest BCUT2D eigenvalue weighted by atomic mass is 10.1. The van der Waals surface area contributed by atoms with Gasteiger partial charge in [0.05, 0.1) is 13.0 Å². The first kappa shape index (κ1) is 21.1. The lowest BCUT2D eigenvalue weighted by molar-refractivity contribution is -0.132. The van der Waals surface area contributed by atoms with Crippen LogP contribution in [-0.4, -0.2) is 60.4 Å². The van der Waals surface area contributed by atoms with Crippen molar-refractivity contribution in [3.63, 3.8) is 0 Å². The van der Waals surface area contributed by atoms with E-state index in [2.05, 4.69) is 4.90 Å².